The molecule has 1 unspecified atom stereocenters. The Kier molecular flexibility index (Phi) is 6.10. The van der Waals surface area contributed by atoms with Crippen molar-refractivity contribution in [3.63, 3.8) is 0 Å². The average molecular weight is 284 g/mol. The first-order valence-electron chi connectivity index (χ1n) is 6.88. The Morgan fingerprint density at radius 3 is 2.70 bits per heavy atom. The van der Waals surface area contributed by atoms with Crippen LogP contribution in [0.4, 0.5) is 4.79 Å². The van der Waals surface area contributed by atoms with Crippen molar-refractivity contribution < 1.29 is 14.3 Å². The minimum Gasteiger partial charge on any atom is -0.444 e. The first-order valence-corrected chi connectivity index (χ1v) is 6.88. The molecule has 1 N–H and O–H groups in total. The van der Waals surface area contributed by atoms with Gasteiger partial charge >= 0.3 is 6.09 Å². The predicted molar refractivity (Wildman–Crippen MR) is 75.3 cm³/mol. The number of nitrogens with zero attached hydrogens (tertiary/aromatic N) is 3. The molecule has 1 amide bonds. The molecule has 1 saturated carbocycles. The van der Waals surface area contributed by atoms with Crippen LogP contribution in [-0.2, 0) is 9.47 Å². The van der Waals surface area contributed by atoms with E-state index >= 15 is 0 Å². The molecule has 0 heterocycles. The van der Waals surface area contributed by atoms with Gasteiger partial charge in [0.25, 0.3) is 0 Å². The number of carbonyl (C=O) groups is 1. The summed E-state index contributed by atoms with van der Waals surface area (Å²) in [5.74, 6) is 0.366. The normalized spacial score (nSPS) is 26.5. The first kappa shape index (κ1) is 16.6. The number of ether oxygens (including phenoxy) is 2. The Bertz CT molecular complexity index is 374. The summed E-state index contributed by atoms with van der Waals surface area (Å²) in [6.45, 7) is 6.08. The van der Waals surface area contributed by atoms with Crippen LogP contribution in [0.25, 0.3) is 10.4 Å². The van der Waals surface area contributed by atoms with E-state index in [1.165, 1.54) is 0 Å². The number of nitrogens with one attached hydrogen (secondary N) is 1. The largest absolute Gasteiger partial charge is 0.444 e. The third-order valence-corrected chi connectivity index (χ3v) is 3.23. The number of hydrogen-bond donors (Lipinski definition) is 1. The lowest BCUT2D eigenvalue weighted by Gasteiger charge is -2.34. The Labute approximate surface area is 119 Å². The van der Waals surface area contributed by atoms with E-state index < -0.39 is 11.7 Å². The smallest absolute Gasteiger partial charge is 0.407 e. The molecule has 1 aliphatic rings. The zero-order chi connectivity index (χ0) is 15.2. The zero-order valence-electron chi connectivity index (χ0n) is 12.6. The molecular formula is C13H24N4O3. The predicted octanol–water partition coefficient (Wildman–Crippen LogP) is 3.01. The Balaban J connectivity index is 2.64. The highest BCUT2D eigenvalue weighted by Crippen LogP contribution is 2.27. The zero-order valence-corrected chi connectivity index (χ0v) is 12.6. The summed E-state index contributed by atoms with van der Waals surface area (Å²) in [7, 11) is 1.66. The SMILES string of the molecule is COC[C@H]1CCC(N=[N+]=[N-])[C@H](NC(=O)OC(C)(C)C)C1. The maximum Gasteiger partial charge on any atom is 0.407 e. The Hall–Kier alpha value is -1.46. The van der Waals surface area contributed by atoms with Crippen LogP contribution in [0.2, 0.25) is 0 Å². The summed E-state index contributed by atoms with van der Waals surface area (Å²) < 4.78 is 10.4. The van der Waals surface area contributed by atoms with Crippen molar-refractivity contribution >= 4 is 6.09 Å². The van der Waals surface area contributed by atoms with Crippen molar-refractivity contribution in [1.82, 2.24) is 5.32 Å². The number of carbonyl (C=O) groups excluding carboxylic acids is 1. The van der Waals surface area contributed by atoms with Crippen molar-refractivity contribution in [2.45, 2.75) is 57.7 Å². The molecule has 0 aromatic carbocycles. The first-order chi connectivity index (χ1) is 9.35. The molecule has 0 spiro atoms. The van der Waals surface area contributed by atoms with E-state index in [0.717, 1.165) is 19.3 Å². The lowest BCUT2D eigenvalue weighted by Crippen LogP contribution is -2.48. The minimum atomic E-state index is -0.543. The quantitative estimate of drug-likeness (QED) is 0.488. The average Bonchev–Trinajstić information content (AvgIpc) is 2.30. The van der Waals surface area contributed by atoms with Gasteiger partial charge in [-0.15, -0.1) is 0 Å². The molecule has 1 fully saturated rings. The van der Waals surface area contributed by atoms with Crippen LogP contribution in [0, 0.1) is 5.92 Å². The highest BCUT2D eigenvalue weighted by atomic mass is 16.6. The van der Waals surface area contributed by atoms with Crippen molar-refractivity contribution in [1.29, 1.82) is 0 Å². The van der Waals surface area contributed by atoms with Crippen LogP contribution in [0.5, 0.6) is 0 Å². The fraction of sp³-hybridized carbons (Fsp3) is 0.923. The molecule has 7 heteroatoms. The van der Waals surface area contributed by atoms with Gasteiger partial charge < -0.3 is 14.8 Å². The van der Waals surface area contributed by atoms with E-state index in [4.69, 9.17) is 15.0 Å². The van der Waals surface area contributed by atoms with Crippen molar-refractivity contribution in [2.24, 2.45) is 11.0 Å². The van der Waals surface area contributed by atoms with E-state index in [1.54, 1.807) is 7.11 Å². The molecule has 0 saturated heterocycles. The van der Waals surface area contributed by atoms with E-state index in [0.29, 0.717) is 12.5 Å². The van der Waals surface area contributed by atoms with Crippen molar-refractivity contribution in [3.05, 3.63) is 10.4 Å². The van der Waals surface area contributed by atoms with E-state index in [9.17, 15) is 4.79 Å². The molecule has 0 radical (unpaired) electrons. The van der Waals surface area contributed by atoms with Crippen LogP contribution < -0.4 is 5.32 Å². The second-order valence-electron chi connectivity index (χ2n) is 6.16. The highest BCUT2D eigenvalue weighted by molar-refractivity contribution is 5.68. The number of methoxy groups -OCH3 is 1. The second kappa shape index (κ2) is 7.36. The van der Waals surface area contributed by atoms with Crippen LogP contribution in [0.1, 0.15) is 40.0 Å². The van der Waals surface area contributed by atoms with Gasteiger partial charge in [-0.25, -0.2) is 4.79 Å². The van der Waals surface area contributed by atoms with Crippen LogP contribution in [-0.4, -0.2) is 37.5 Å². The van der Waals surface area contributed by atoms with Gasteiger partial charge in [-0.1, -0.05) is 5.11 Å². The van der Waals surface area contributed by atoms with Crippen LogP contribution >= 0.6 is 0 Å². The van der Waals surface area contributed by atoms with Crippen LogP contribution in [0.15, 0.2) is 5.11 Å². The molecule has 20 heavy (non-hydrogen) atoms. The monoisotopic (exact) mass is 284 g/mol. The number of alkyl carbamates (subject to hydrolysis) is 1. The van der Waals surface area contributed by atoms with Gasteiger partial charge in [-0.3, -0.25) is 0 Å². The molecule has 114 valence electrons. The number of amides is 1. The van der Waals surface area contributed by atoms with Gasteiger partial charge in [-0.2, -0.15) is 0 Å². The lowest BCUT2D eigenvalue weighted by molar-refractivity contribution is 0.0454. The number of hydrogen-bond acceptors (Lipinski definition) is 4. The van der Waals surface area contributed by atoms with Gasteiger partial charge in [0.05, 0.1) is 6.04 Å². The third kappa shape index (κ3) is 5.67. The van der Waals surface area contributed by atoms with Gasteiger partial charge in [0.2, 0.25) is 0 Å². The summed E-state index contributed by atoms with van der Waals surface area (Å²) in [4.78, 5) is 14.7. The molecule has 7 nitrogen and oxygen atoms in total. The standard InChI is InChI=1S/C13H24N4O3/c1-13(2,3)20-12(18)15-11-7-9(8-19-4)5-6-10(11)16-17-14/h9-11H,5-8H2,1-4H3,(H,15,18)/t9-,10?,11+/m0/s1. The summed E-state index contributed by atoms with van der Waals surface area (Å²) in [6, 6.07) is -0.421. The van der Waals surface area contributed by atoms with Gasteiger partial charge in [0.1, 0.15) is 5.60 Å². The minimum absolute atomic E-state index is 0.199. The summed E-state index contributed by atoms with van der Waals surface area (Å²) in [5.41, 5.74) is 8.07. The lowest BCUT2D eigenvalue weighted by atomic mass is 9.83. The molecule has 0 aromatic rings. The molecular weight excluding hydrogens is 260 g/mol. The van der Waals surface area contributed by atoms with Crippen molar-refractivity contribution in [3.8, 4) is 0 Å². The molecule has 0 aromatic heterocycles. The highest BCUT2D eigenvalue weighted by Gasteiger charge is 2.32. The molecule has 1 aliphatic carbocycles. The molecule has 0 bridgehead atoms. The van der Waals surface area contributed by atoms with Crippen molar-refractivity contribution in [2.75, 3.05) is 13.7 Å². The van der Waals surface area contributed by atoms with E-state index in [-0.39, 0.29) is 12.1 Å². The maximum absolute atomic E-state index is 11.8. The maximum atomic E-state index is 11.8. The van der Waals surface area contributed by atoms with E-state index in [1.807, 2.05) is 20.8 Å². The Morgan fingerprint density at radius 2 is 2.15 bits per heavy atom. The van der Waals surface area contributed by atoms with Gasteiger partial charge in [0, 0.05) is 24.7 Å². The summed E-state index contributed by atoms with van der Waals surface area (Å²) in [6.07, 6.45) is 1.94. The fourth-order valence-corrected chi connectivity index (χ4v) is 2.45. The van der Waals surface area contributed by atoms with Crippen LogP contribution in [0.3, 0.4) is 0 Å². The summed E-state index contributed by atoms with van der Waals surface area (Å²) >= 11 is 0. The van der Waals surface area contributed by atoms with Gasteiger partial charge in [0.15, 0.2) is 0 Å². The topological polar surface area (TPSA) is 96.3 Å². The molecule has 1 rings (SSSR count). The van der Waals surface area contributed by atoms with E-state index in [2.05, 4.69) is 15.3 Å². The second-order valence-corrected chi connectivity index (χ2v) is 6.16. The van der Waals surface area contributed by atoms with Gasteiger partial charge in [-0.05, 0) is 51.5 Å². The Morgan fingerprint density at radius 1 is 1.45 bits per heavy atom. The third-order valence-electron chi connectivity index (χ3n) is 3.23. The fourth-order valence-electron chi connectivity index (χ4n) is 2.45. The number of rotatable bonds is 4. The molecule has 3 atom stereocenters. The summed E-state index contributed by atoms with van der Waals surface area (Å²) in [5, 5.41) is 6.60. The molecule has 0 aliphatic heterocycles. The number of azide groups is 1.